The van der Waals surface area contributed by atoms with Gasteiger partial charge in [0.05, 0.1) is 17.5 Å². The average molecular weight is 267 g/mol. The third kappa shape index (κ3) is 2.14. The van der Waals surface area contributed by atoms with Crippen LogP contribution in [0.15, 0.2) is 42.7 Å². The van der Waals surface area contributed by atoms with Crippen molar-refractivity contribution in [3.63, 3.8) is 0 Å². The lowest BCUT2D eigenvalue weighted by Crippen LogP contribution is -1.99. The monoisotopic (exact) mass is 267 g/mol. The summed E-state index contributed by atoms with van der Waals surface area (Å²) in [6.45, 7) is 0. The predicted octanol–water partition coefficient (Wildman–Crippen LogP) is 2.26. The largest absolute Gasteiger partial charge is 0.481 e. The van der Waals surface area contributed by atoms with E-state index < -0.39 is 5.97 Å². The molecule has 0 radical (unpaired) electrons. The molecule has 0 spiro atoms. The number of aliphatic carboxylic acids is 1. The first-order valence-electron chi connectivity index (χ1n) is 6.22. The van der Waals surface area contributed by atoms with Crippen LogP contribution in [0.3, 0.4) is 0 Å². The summed E-state index contributed by atoms with van der Waals surface area (Å²) >= 11 is 0. The van der Waals surface area contributed by atoms with Gasteiger partial charge in [0.15, 0.2) is 0 Å². The Balaban J connectivity index is 2.12. The first-order valence-corrected chi connectivity index (χ1v) is 6.22. The van der Waals surface area contributed by atoms with E-state index in [0.29, 0.717) is 0 Å². The minimum Gasteiger partial charge on any atom is -0.481 e. The Morgan fingerprint density at radius 1 is 1.35 bits per heavy atom. The smallest absolute Gasteiger partial charge is 0.307 e. The van der Waals surface area contributed by atoms with E-state index in [4.69, 9.17) is 5.11 Å². The summed E-state index contributed by atoms with van der Waals surface area (Å²) in [6.07, 6.45) is 3.49. The van der Waals surface area contributed by atoms with Gasteiger partial charge in [0.1, 0.15) is 5.82 Å². The van der Waals surface area contributed by atoms with E-state index in [2.05, 4.69) is 9.97 Å². The van der Waals surface area contributed by atoms with E-state index in [1.54, 1.807) is 12.4 Å². The van der Waals surface area contributed by atoms with Crippen molar-refractivity contribution in [1.82, 2.24) is 14.5 Å². The molecule has 5 heteroatoms. The maximum Gasteiger partial charge on any atom is 0.307 e. The molecular weight excluding hydrogens is 254 g/mol. The molecule has 0 amide bonds. The number of aryl methyl sites for hydroxylation is 1. The molecule has 1 aromatic carbocycles. The molecule has 0 aliphatic heterocycles. The number of carboxylic acid groups (broad SMARTS) is 1. The Labute approximate surface area is 115 Å². The van der Waals surface area contributed by atoms with Crippen LogP contribution in [0.1, 0.15) is 5.56 Å². The minimum atomic E-state index is -0.840. The van der Waals surface area contributed by atoms with Gasteiger partial charge in [-0.25, -0.2) is 4.98 Å². The minimum absolute atomic E-state index is 0.00867. The van der Waals surface area contributed by atoms with Crippen LogP contribution in [-0.4, -0.2) is 25.6 Å². The fourth-order valence-corrected chi connectivity index (χ4v) is 2.28. The second kappa shape index (κ2) is 4.77. The predicted molar refractivity (Wildman–Crippen MR) is 75.3 cm³/mol. The van der Waals surface area contributed by atoms with Crippen LogP contribution >= 0.6 is 0 Å². The molecule has 100 valence electrons. The first-order chi connectivity index (χ1) is 9.65. The molecule has 0 bridgehead atoms. The number of nitrogens with zero attached hydrogens (tertiary/aromatic N) is 3. The van der Waals surface area contributed by atoms with Gasteiger partial charge >= 0.3 is 5.97 Å². The van der Waals surface area contributed by atoms with Crippen LogP contribution in [-0.2, 0) is 18.3 Å². The van der Waals surface area contributed by atoms with Gasteiger partial charge in [0.2, 0.25) is 0 Å². The molecule has 0 aliphatic rings. The topological polar surface area (TPSA) is 68.0 Å². The second-order valence-corrected chi connectivity index (χ2v) is 4.63. The Kier molecular flexibility index (Phi) is 2.95. The zero-order chi connectivity index (χ0) is 14.1. The van der Waals surface area contributed by atoms with Crippen molar-refractivity contribution in [3.05, 3.63) is 48.3 Å². The standard InChI is InChI=1S/C15H13N3O2/c1-18-13-5-4-10(8-14(19)20)7-12(13)17-15(18)11-3-2-6-16-9-11/h2-7,9H,8H2,1H3,(H,19,20). The SMILES string of the molecule is Cn1c(-c2cccnc2)nc2cc(CC(=O)O)ccc21. The number of carboxylic acids is 1. The highest BCUT2D eigenvalue weighted by atomic mass is 16.4. The van der Waals surface area contributed by atoms with Gasteiger partial charge in [0.25, 0.3) is 0 Å². The number of fused-ring (bicyclic) bond motifs is 1. The zero-order valence-electron chi connectivity index (χ0n) is 10.9. The van der Waals surface area contributed by atoms with E-state index in [-0.39, 0.29) is 6.42 Å². The van der Waals surface area contributed by atoms with Crippen LogP contribution in [0.2, 0.25) is 0 Å². The van der Waals surface area contributed by atoms with Gasteiger partial charge in [-0.2, -0.15) is 0 Å². The van der Waals surface area contributed by atoms with E-state index in [1.807, 2.05) is 41.9 Å². The van der Waals surface area contributed by atoms with Gasteiger partial charge < -0.3 is 9.67 Å². The molecule has 1 N–H and O–H groups in total. The molecule has 0 unspecified atom stereocenters. The number of aromatic nitrogens is 3. The summed E-state index contributed by atoms with van der Waals surface area (Å²) < 4.78 is 1.98. The van der Waals surface area contributed by atoms with Crippen molar-refractivity contribution >= 4 is 17.0 Å². The number of hydrogen-bond donors (Lipinski definition) is 1. The van der Waals surface area contributed by atoms with Gasteiger partial charge in [-0.05, 0) is 29.8 Å². The maximum atomic E-state index is 10.8. The summed E-state index contributed by atoms with van der Waals surface area (Å²) in [5, 5.41) is 8.84. The first kappa shape index (κ1) is 12.3. The number of pyridine rings is 1. The lowest BCUT2D eigenvalue weighted by Gasteiger charge is -2.01. The van der Waals surface area contributed by atoms with Crippen LogP contribution in [0.4, 0.5) is 0 Å². The van der Waals surface area contributed by atoms with Crippen molar-refractivity contribution in [2.75, 3.05) is 0 Å². The number of benzene rings is 1. The molecule has 0 atom stereocenters. The highest BCUT2D eigenvalue weighted by molar-refractivity contribution is 5.82. The highest BCUT2D eigenvalue weighted by Crippen LogP contribution is 2.23. The molecule has 0 fully saturated rings. The van der Waals surface area contributed by atoms with Crippen molar-refractivity contribution in [2.24, 2.45) is 7.05 Å². The van der Waals surface area contributed by atoms with E-state index >= 15 is 0 Å². The van der Waals surface area contributed by atoms with Crippen molar-refractivity contribution < 1.29 is 9.90 Å². The lowest BCUT2D eigenvalue weighted by molar-refractivity contribution is -0.136. The zero-order valence-corrected chi connectivity index (χ0v) is 10.9. The third-order valence-electron chi connectivity index (χ3n) is 3.22. The molecule has 0 saturated heterocycles. The van der Waals surface area contributed by atoms with Gasteiger partial charge in [0, 0.05) is 25.0 Å². The molecule has 3 aromatic rings. The molecule has 2 heterocycles. The van der Waals surface area contributed by atoms with E-state index in [9.17, 15) is 4.79 Å². The second-order valence-electron chi connectivity index (χ2n) is 4.63. The summed E-state index contributed by atoms with van der Waals surface area (Å²) in [4.78, 5) is 19.4. The summed E-state index contributed by atoms with van der Waals surface area (Å²) in [5.41, 5.74) is 3.45. The van der Waals surface area contributed by atoms with E-state index in [0.717, 1.165) is 28.0 Å². The summed E-state index contributed by atoms with van der Waals surface area (Å²) in [5.74, 6) is -0.0201. The van der Waals surface area contributed by atoms with Crippen molar-refractivity contribution in [2.45, 2.75) is 6.42 Å². The molecule has 3 rings (SSSR count). The number of rotatable bonds is 3. The summed E-state index contributed by atoms with van der Waals surface area (Å²) in [6, 6.07) is 9.37. The fraction of sp³-hybridized carbons (Fsp3) is 0.133. The van der Waals surface area contributed by atoms with Gasteiger partial charge in [-0.15, -0.1) is 0 Å². The van der Waals surface area contributed by atoms with Crippen molar-refractivity contribution in [1.29, 1.82) is 0 Å². The number of hydrogen-bond acceptors (Lipinski definition) is 3. The Bertz CT molecular complexity index is 778. The number of imidazole rings is 1. The molecule has 5 nitrogen and oxygen atoms in total. The third-order valence-corrected chi connectivity index (χ3v) is 3.22. The quantitative estimate of drug-likeness (QED) is 0.790. The fourth-order valence-electron chi connectivity index (χ4n) is 2.28. The van der Waals surface area contributed by atoms with Crippen molar-refractivity contribution in [3.8, 4) is 11.4 Å². The average Bonchev–Trinajstić information content (AvgIpc) is 2.76. The van der Waals surface area contributed by atoms with Gasteiger partial charge in [-0.1, -0.05) is 6.07 Å². The van der Waals surface area contributed by atoms with Crippen LogP contribution < -0.4 is 0 Å². The molecule has 0 saturated carbocycles. The summed E-state index contributed by atoms with van der Waals surface area (Å²) in [7, 11) is 1.94. The maximum absolute atomic E-state index is 10.8. The Morgan fingerprint density at radius 3 is 2.90 bits per heavy atom. The van der Waals surface area contributed by atoms with Crippen LogP contribution in [0, 0.1) is 0 Å². The van der Waals surface area contributed by atoms with Gasteiger partial charge in [-0.3, -0.25) is 9.78 Å². The normalized spacial score (nSPS) is 10.8. The molecular formula is C15H13N3O2. The molecule has 2 aromatic heterocycles. The molecule has 0 aliphatic carbocycles. The number of carbonyl (C=O) groups is 1. The van der Waals surface area contributed by atoms with Crippen LogP contribution in [0.25, 0.3) is 22.4 Å². The Morgan fingerprint density at radius 2 is 2.20 bits per heavy atom. The van der Waals surface area contributed by atoms with E-state index in [1.165, 1.54) is 0 Å². The highest BCUT2D eigenvalue weighted by Gasteiger charge is 2.11. The van der Waals surface area contributed by atoms with Crippen LogP contribution in [0.5, 0.6) is 0 Å². The Hall–Kier alpha value is -2.69. The molecule has 20 heavy (non-hydrogen) atoms. The lowest BCUT2D eigenvalue weighted by atomic mass is 10.1.